The van der Waals surface area contributed by atoms with Crippen LogP contribution >= 0.6 is 11.6 Å². The van der Waals surface area contributed by atoms with Gasteiger partial charge in [0.1, 0.15) is 11.6 Å². The van der Waals surface area contributed by atoms with Crippen molar-refractivity contribution in [3.8, 4) is 5.75 Å². The van der Waals surface area contributed by atoms with Crippen LogP contribution in [0.3, 0.4) is 0 Å². The number of nitrogens with zero attached hydrogens (tertiary/aromatic N) is 2. The molecule has 0 spiro atoms. The van der Waals surface area contributed by atoms with Crippen molar-refractivity contribution in [1.82, 2.24) is 9.55 Å². The number of aromatic nitrogens is 2. The Bertz CT molecular complexity index is 548. The van der Waals surface area contributed by atoms with Gasteiger partial charge in [0, 0.05) is 12.6 Å². The maximum Gasteiger partial charge on any atom is 0.124 e. The Morgan fingerprint density at radius 1 is 1.37 bits per heavy atom. The van der Waals surface area contributed by atoms with Crippen LogP contribution in [0.5, 0.6) is 5.75 Å². The van der Waals surface area contributed by atoms with Crippen LogP contribution in [-0.4, -0.2) is 15.7 Å². The number of rotatable bonds is 6. The Kier molecular flexibility index (Phi) is 4.70. The van der Waals surface area contributed by atoms with Gasteiger partial charge in [-0.1, -0.05) is 13.3 Å². The molecule has 0 amide bonds. The minimum atomic E-state index is 0.173. The van der Waals surface area contributed by atoms with Crippen molar-refractivity contribution in [3.63, 3.8) is 0 Å². The highest BCUT2D eigenvalue weighted by Crippen LogP contribution is 2.24. The summed E-state index contributed by atoms with van der Waals surface area (Å²) in [5, 5.41) is 0. The first-order chi connectivity index (χ1) is 9.15. The molecule has 104 valence electrons. The van der Waals surface area contributed by atoms with Gasteiger partial charge in [-0.05, 0) is 32.4 Å². The van der Waals surface area contributed by atoms with E-state index in [1.165, 1.54) is 0 Å². The molecule has 0 atom stereocenters. The molecule has 0 saturated carbocycles. The zero-order valence-corrected chi connectivity index (χ0v) is 12.6. The molecule has 19 heavy (non-hydrogen) atoms. The molecule has 4 heteroatoms. The first kappa shape index (κ1) is 14.2. The van der Waals surface area contributed by atoms with Crippen molar-refractivity contribution in [1.29, 1.82) is 0 Å². The highest BCUT2D eigenvalue weighted by atomic mass is 35.5. The SMILES string of the molecule is CCCCn1c(CCl)nc2cc(OC(C)C)ccc21. The van der Waals surface area contributed by atoms with Gasteiger partial charge in [-0.25, -0.2) is 4.98 Å². The van der Waals surface area contributed by atoms with Crippen molar-refractivity contribution < 1.29 is 4.74 Å². The summed E-state index contributed by atoms with van der Waals surface area (Å²) in [6.07, 6.45) is 2.47. The van der Waals surface area contributed by atoms with Gasteiger partial charge < -0.3 is 9.30 Å². The van der Waals surface area contributed by atoms with Crippen LogP contribution in [-0.2, 0) is 12.4 Å². The van der Waals surface area contributed by atoms with Crippen LogP contribution in [0, 0.1) is 0 Å². The van der Waals surface area contributed by atoms with E-state index in [2.05, 4.69) is 22.5 Å². The van der Waals surface area contributed by atoms with Gasteiger partial charge in [-0.2, -0.15) is 0 Å². The zero-order chi connectivity index (χ0) is 13.8. The largest absolute Gasteiger partial charge is 0.491 e. The van der Waals surface area contributed by atoms with E-state index in [1.807, 2.05) is 26.0 Å². The lowest BCUT2D eigenvalue weighted by Gasteiger charge is -2.10. The first-order valence-corrected chi connectivity index (χ1v) is 7.41. The molecular formula is C15H21ClN2O. The molecular weight excluding hydrogens is 260 g/mol. The molecule has 1 heterocycles. The Labute approximate surface area is 119 Å². The van der Waals surface area contributed by atoms with E-state index in [0.717, 1.165) is 42.0 Å². The summed E-state index contributed by atoms with van der Waals surface area (Å²) in [7, 11) is 0. The van der Waals surface area contributed by atoms with Crippen LogP contribution in [0.2, 0.25) is 0 Å². The van der Waals surface area contributed by atoms with Gasteiger partial charge in [-0.15, -0.1) is 11.6 Å². The number of alkyl halides is 1. The number of imidazole rings is 1. The summed E-state index contributed by atoms with van der Waals surface area (Å²) < 4.78 is 7.92. The molecule has 0 aliphatic heterocycles. The predicted octanol–water partition coefficient (Wildman–Crippen LogP) is 4.36. The third-order valence-corrected chi connectivity index (χ3v) is 3.26. The number of halogens is 1. The molecule has 0 bridgehead atoms. The maximum atomic E-state index is 5.99. The Morgan fingerprint density at radius 2 is 2.16 bits per heavy atom. The molecule has 0 aliphatic carbocycles. The molecule has 1 aromatic heterocycles. The summed E-state index contributed by atoms with van der Waals surface area (Å²) in [4.78, 5) is 4.60. The number of fused-ring (bicyclic) bond motifs is 1. The summed E-state index contributed by atoms with van der Waals surface area (Å²) >= 11 is 5.99. The van der Waals surface area contributed by atoms with Crippen molar-refractivity contribution in [2.24, 2.45) is 0 Å². The Balaban J connectivity index is 2.39. The minimum Gasteiger partial charge on any atom is -0.491 e. The van der Waals surface area contributed by atoms with Crippen LogP contribution < -0.4 is 4.74 Å². The van der Waals surface area contributed by atoms with Crippen molar-refractivity contribution in [2.45, 2.75) is 52.1 Å². The summed E-state index contributed by atoms with van der Waals surface area (Å²) in [5.41, 5.74) is 2.10. The van der Waals surface area contributed by atoms with Crippen LogP contribution in [0.4, 0.5) is 0 Å². The molecule has 1 aromatic carbocycles. The molecule has 0 saturated heterocycles. The number of unbranched alkanes of at least 4 members (excludes halogenated alkanes) is 1. The highest BCUT2D eigenvalue weighted by molar-refractivity contribution is 6.16. The van der Waals surface area contributed by atoms with E-state index < -0.39 is 0 Å². The summed E-state index contributed by atoms with van der Waals surface area (Å²) in [6.45, 7) is 7.20. The normalized spacial score (nSPS) is 11.4. The Hall–Kier alpha value is -1.22. The fourth-order valence-corrected chi connectivity index (χ4v) is 2.38. The lowest BCUT2D eigenvalue weighted by molar-refractivity contribution is 0.242. The summed E-state index contributed by atoms with van der Waals surface area (Å²) in [6, 6.07) is 6.07. The molecule has 3 nitrogen and oxygen atoms in total. The van der Waals surface area contributed by atoms with Gasteiger partial charge >= 0.3 is 0 Å². The topological polar surface area (TPSA) is 27.1 Å². The highest BCUT2D eigenvalue weighted by Gasteiger charge is 2.10. The molecule has 0 radical (unpaired) electrons. The molecule has 0 unspecified atom stereocenters. The third kappa shape index (κ3) is 3.21. The molecule has 0 aliphatic rings. The van der Waals surface area contributed by atoms with Gasteiger partial charge in [-0.3, -0.25) is 0 Å². The third-order valence-electron chi connectivity index (χ3n) is 3.03. The van der Waals surface area contributed by atoms with Crippen LogP contribution in [0.15, 0.2) is 18.2 Å². The van der Waals surface area contributed by atoms with E-state index in [1.54, 1.807) is 0 Å². The molecule has 0 N–H and O–H groups in total. The molecule has 2 aromatic rings. The molecule has 2 rings (SSSR count). The van der Waals surface area contributed by atoms with Crippen molar-refractivity contribution in [2.75, 3.05) is 0 Å². The average molecular weight is 281 g/mol. The van der Waals surface area contributed by atoms with Gasteiger partial charge in [0.15, 0.2) is 0 Å². The van der Waals surface area contributed by atoms with E-state index >= 15 is 0 Å². The van der Waals surface area contributed by atoms with Crippen LogP contribution in [0.1, 0.15) is 39.4 Å². The predicted molar refractivity (Wildman–Crippen MR) is 80.0 cm³/mol. The minimum absolute atomic E-state index is 0.173. The lowest BCUT2D eigenvalue weighted by Crippen LogP contribution is -2.05. The van der Waals surface area contributed by atoms with E-state index in [-0.39, 0.29) is 6.10 Å². The first-order valence-electron chi connectivity index (χ1n) is 6.87. The summed E-state index contributed by atoms with van der Waals surface area (Å²) in [5.74, 6) is 2.24. The number of aryl methyl sites for hydroxylation is 1. The van der Waals surface area contributed by atoms with Crippen molar-refractivity contribution >= 4 is 22.6 Å². The van der Waals surface area contributed by atoms with E-state index in [0.29, 0.717) is 5.88 Å². The molecule has 0 fully saturated rings. The van der Waals surface area contributed by atoms with Crippen LogP contribution in [0.25, 0.3) is 11.0 Å². The second-order valence-electron chi connectivity index (χ2n) is 4.98. The number of ether oxygens (including phenoxy) is 1. The number of hydrogen-bond acceptors (Lipinski definition) is 2. The second kappa shape index (κ2) is 6.29. The maximum absolute atomic E-state index is 5.99. The number of hydrogen-bond donors (Lipinski definition) is 0. The zero-order valence-electron chi connectivity index (χ0n) is 11.8. The monoisotopic (exact) mass is 280 g/mol. The number of benzene rings is 1. The second-order valence-corrected chi connectivity index (χ2v) is 5.25. The lowest BCUT2D eigenvalue weighted by atomic mass is 10.2. The quantitative estimate of drug-likeness (QED) is 0.735. The fraction of sp³-hybridized carbons (Fsp3) is 0.533. The van der Waals surface area contributed by atoms with Gasteiger partial charge in [0.25, 0.3) is 0 Å². The van der Waals surface area contributed by atoms with E-state index in [9.17, 15) is 0 Å². The smallest absolute Gasteiger partial charge is 0.124 e. The van der Waals surface area contributed by atoms with E-state index in [4.69, 9.17) is 16.3 Å². The van der Waals surface area contributed by atoms with Gasteiger partial charge in [0.2, 0.25) is 0 Å². The van der Waals surface area contributed by atoms with Gasteiger partial charge in [0.05, 0.1) is 23.0 Å². The fourth-order valence-electron chi connectivity index (χ4n) is 2.17. The Morgan fingerprint density at radius 3 is 2.79 bits per heavy atom. The standard InChI is InChI=1S/C15H21ClN2O/c1-4-5-8-18-14-7-6-12(19-11(2)3)9-13(14)17-15(18)10-16/h6-7,9,11H,4-5,8,10H2,1-3H3. The van der Waals surface area contributed by atoms with Crippen molar-refractivity contribution in [3.05, 3.63) is 24.0 Å². The average Bonchev–Trinajstić information content (AvgIpc) is 2.72.